The van der Waals surface area contributed by atoms with Crippen molar-refractivity contribution in [2.45, 2.75) is 19.4 Å². The largest absolute Gasteiger partial charge is 0.497 e. The van der Waals surface area contributed by atoms with Crippen LogP contribution < -0.4 is 20.3 Å². The molecule has 2 aliphatic heterocycles. The Balaban J connectivity index is 1.30. The maximum absolute atomic E-state index is 13.3. The van der Waals surface area contributed by atoms with Crippen molar-refractivity contribution in [1.29, 1.82) is 0 Å². The number of nitrogens with zero attached hydrogens (tertiary/aromatic N) is 3. The van der Waals surface area contributed by atoms with E-state index >= 15 is 0 Å². The van der Waals surface area contributed by atoms with E-state index < -0.39 is 17.9 Å². The van der Waals surface area contributed by atoms with Gasteiger partial charge in [-0.2, -0.15) is 0 Å². The van der Waals surface area contributed by atoms with Crippen LogP contribution in [0.5, 0.6) is 5.75 Å². The Morgan fingerprint density at radius 1 is 1.03 bits per heavy atom. The van der Waals surface area contributed by atoms with Gasteiger partial charge in [0.1, 0.15) is 11.8 Å². The van der Waals surface area contributed by atoms with E-state index in [-0.39, 0.29) is 31.4 Å². The highest BCUT2D eigenvalue weighted by molar-refractivity contribution is 5.98. The minimum Gasteiger partial charge on any atom is -0.497 e. The summed E-state index contributed by atoms with van der Waals surface area (Å²) >= 11 is 0. The summed E-state index contributed by atoms with van der Waals surface area (Å²) in [5.74, 6) is -0.547. The van der Waals surface area contributed by atoms with Crippen LogP contribution in [0.4, 0.5) is 11.4 Å². The number of methoxy groups -OCH3 is 1. The third-order valence-corrected chi connectivity index (χ3v) is 6.86. The summed E-state index contributed by atoms with van der Waals surface area (Å²) in [7, 11) is 1.64. The molecule has 2 fully saturated rings. The van der Waals surface area contributed by atoms with Crippen molar-refractivity contribution >= 4 is 35.1 Å². The minimum atomic E-state index is -0.886. The van der Waals surface area contributed by atoms with Gasteiger partial charge in [0.2, 0.25) is 17.7 Å². The molecule has 11 nitrogen and oxygen atoms in total. The Kier molecular flexibility index (Phi) is 9.37. The first kappa shape index (κ1) is 27.9. The summed E-state index contributed by atoms with van der Waals surface area (Å²) in [6.07, 6.45) is -0.166. The summed E-state index contributed by atoms with van der Waals surface area (Å²) in [6.45, 7) is 5.82. The Hall–Kier alpha value is -4.12. The SMILES string of the molecule is CCOC(=O)c1ccc(NC(=O)CC2C(=O)NCCN2C(=O)CN2CCN(c3cccc(OC)c3)CC2)cc1. The number of anilines is 2. The predicted molar refractivity (Wildman–Crippen MR) is 146 cm³/mol. The van der Waals surface area contributed by atoms with Crippen LogP contribution >= 0.6 is 0 Å². The van der Waals surface area contributed by atoms with Gasteiger partial charge in [0, 0.05) is 56.7 Å². The number of benzene rings is 2. The number of piperazine rings is 2. The molecule has 0 saturated carbocycles. The third kappa shape index (κ3) is 7.26. The fraction of sp³-hybridized carbons (Fsp3) is 0.429. The molecule has 2 heterocycles. The van der Waals surface area contributed by atoms with Gasteiger partial charge >= 0.3 is 5.97 Å². The first-order valence-electron chi connectivity index (χ1n) is 13.1. The summed E-state index contributed by atoms with van der Waals surface area (Å²) in [4.78, 5) is 56.3. The maximum atomic E-state index is 13.3. The molecule has 0 aromatic heterocycles. The van der Waals surface area contributed by atoms with Crippen LogP contribution in [-0.4, -0.2) is 99.1 Å². The van der Waals surface area contributed by atoms with Gasteiger partial charge in [0.05, 0.1) is 32.2 Å². The van der Waals surface area contributed by atoms with Crippen molar-refractivity contribution < 1.29 is 28.7 Å². The van der Waals surface area contributed by atoms with Crippen molar-refractivity contribution in [3.63, 3.8) is 0 Å². The average Bonchev–Trinajstić information content (AvgIpc) is 2.95. The predicted octanol–water partition coefficient (Wildman–Crippen LogP) is 1.35. The Morgan fingerprint density at radius 2 is 1.77 bits per heavy atom. The lowest BCUT2D eigenvalue weighted by molar-refractivity contribution is -0.145. The van der Waals surface area contributed by atoms with Crippen LogP contribution in [0.25, 0.3) is 0 Å². The lowest BCUT2D eigenvalue weighted by atomic mass is 10.1. The number of hydrogen-bond acceptors (Lipinski definition) is 8. The van der Waals surface area contributed by atoms with E-state index in [1.165, 1.54) is 4.90 Å². The Morgan fingerprint density at radius 3 is 2.46 bits per heavy atom. The molecule has 2 aromatic carbocycles. The van der Waals surface area contributed by atoms with E-state index in [9.17, 15) is 19.2 Å². The van der Waals surface area contributed by atoms with Crippen LogP contribution in [0.1, 0.15) is 23.7 Å². The first-order chi connectivity index (χ1) is 18.9. The van der Waals surface area contributed by atoms with Crippen LogP contribution in [0.15, 0.2) is 48.5 Å². The van der Waals surface area contributed by atoms with Gasteiger partial charge in [-0.3, -0.25) is 19.3 Å². The fourth-order valence-electron chi connectivity index (χ4n) is 4.76. The quantitative estimate of drug-likeness (QED) is 0.460. The summed E-state index contributed by atoms with van der Waals surface area (Å²) in [5.41, 5.74) is 1.94. The van der Waals surface area contributed by atoms with Crippen molar-refractivity contribution in [2.24, 2.45) is 0 Å². The highest BCUT2D eigenvalue weighted by Gasteiger charge is 2.35. The van der Waals surface area contributed by atoms with Crippen LogP contribution in [0.2, 0.25) is 0 Å². The number of carbonyl (C=O) groups excluding carboxylic acids is 4. The molecule has 0 aliphatic carbocycles. The molecule has 39 heavy (non-hydrogen) atoms. The van der Waals surface area contributed by atoms with Crippen molar-refractivity contribution in [1.82, 2.24) is 15.1 Å². The third-order valence-electron chi connectivity index (χ3n) is 6.86. The number of ether oxygens (including phenoxy) is 2. The second-order valence-corrected chi connectivity index (χ2v) is 9.41. The molecule has 3 amide bonds. The fourth-order valence-corrected chi connectivity index (χ4v) is 4.76. The van der Waals surface area contributed by atoms with Gasteiger partial charge in [-0.1, -0.05) is 6.07 Å². The molecule has 0 bridgehead atoms. The Bertz CT molecular complexity index is 1180. The normalized spacial score (nSPS) is 17.8. The monoisotopic (exact) mass is 537 g/mol. The molecular formula is C28H35N5O6. The highest BCUT2D eigenvalue weighted by Crippen LogP contribution is 2.22. The molecule has 1 atom stereocenters. The van der Waals surface area contributed by atoms with Crippen molar-refractivity contribution in [3.8, 4) is 5.75 Å². The van der Waals surface area contributed by atoms with Crippen LogP contribution in [-0.2, 0) is 19.1 Å². The average molecular weight is 538 g/mol. The van der Waals surface area contributed by atoms with E-state index in [1.54, 1.807) is 38.3 Å². The lowest BCUT2D eigenvalue weighted by Gasteiger charge is -2.39. The van der Waals surface area contributed by atoms with E-state index in [1.807, 2.05) is 24.3 Å². The zero-order valence-corrected chi connectivity index (χ0v) is 22.4. The van der Waals surface area contributed by atoms with Crippen molar-refractivity contribution in [3.05, 3.63) is 54.1 Å². The van der Waals surface area contributed by atoms with Crippen molar-refractivity contribution in [2.75, 3.05) is 69.7 Å². The number of hydrogen-bond donors (Lipinski definition) is 2. The topological polar surface area (TPSA) is 121 Å². The van der Waals surface area contributed by atoms with Gasteiger partial charge in [-0.15, -0.1) is 0 Å². The zero-order chi connectivity index (χ0) is 27.8. The van der Waals surface area contributed by atoms with E-state index in [2.05, 4.69) is 20.4 Å². The van der Waals surface area contributed by atoms with Gasteiger partial charge in [-0.05, 0) is 43.3 Å². The minimum absolute atomic E-state index is 0.166. The molecule has 0 spiro atoms. The van der Waals surface area contributed by atoms with Crippen LogP contribution in [0, 0.1) is 0 Å². The molecule has 2 aliphatic rings. The van der Waals surface area contributed by atoms with E-state index in [0.717, 1.165) is 24.5 Å². The van der Waals surface area contributed by atoms with Gasteiger partial charge < -0.3 is 29.9 Å². The second kappa shape index (κ2) is 13.1. The number of amides is 3. The molecule has 4 rings (SSSR count). The van der Waals surface area contributed by atoms with Crippen LogP contribution in [0.3, 0.4) is 0 Å². The molecule has 1 unspecified atom stereocenters. The molecule has 208 valence electrons. The smallest absolute Gasteiger partial charge is 0.338 e. The summed E-state index contributed by atoms with van der Waals surface area (Å²) in [5, 5.41) is 5.50. The van der Waals surface area contributed by atoms with Gasteiger partial charge in [0.15, 0.2) is 0 Å². The van der Waals surface area contributed by atoms with E-state index in [0.29, 0.717) is 37.4 Å². The van der Waals surface area contributed by atoms with E-state index in [4.69, 9.17) is 9.47 Å². The molecule has 11 heteroatoms. The highest BCUT2D eigenvalue weighted by atomic mass is 16.5. The number of nitrogens with one attached hydrogen (secondary N) is 2. The molecular weight excluding hydrogens is 502 g/mol. The number of esters is 1. The summed E-state index contributed by atoms with van der Waals surface area (Å²) < 4.78 is 10.3. The Labute approximate surface area is 228 Å². The zero-order valence-electron chi connectivity index (χ0n) is 22.4. The van der Waals surface area contributed by atoms with Gasteiger partial charge in [-0.25, -0.2) is 4.79 Å². The number of rotatable bonds is 9. The molecule has 2 saturated heterocycles. The lowest BCUT2D eigenvalue weighted by Crippen LogP contribution is -2.60. The molecule has 2 aromatic rings. The first-order valence-corrected chi connectivity index (χ1v) is 13.1. The molecule has 2 N–H and O–H groups in total. The van der Waals surface area contributed by atoms with Gasteiger partial charge in [0.25, 0.3) is 0 Å². The number of carbonyl (C=O) groups is 4. The summed E-state index contributed by atoms with van der Waals surface area (Å²) in [6, 6.07) is 13.3. The second-order valence-electron chi connectivity index (χ2n) is 9.41. The molecule has 0 radical (unpaired) electrons. The maximum Gasteiger partial charge on any atom is 0.338 e. The standard InChI is InChI=1S/C28H35N5O6/c1-3-39-28(37)20-7-9-21(10-8-20)30-25(34)18-24-27(36)29-11-12-33(24)26(35)19-31-13-15-32(16-14-31)22-5-4-6-23(17-22)38-2/h4-10,17,24H,3,11-16,18-19H2,1-2H3,(H,29,36)(H,30,34).